The second-order valence-corrected chi connectivity index (χ2v) is 8.08. The number of benzene rings is 1. The van der Waals surface area contributed by atoms with E-state index >= 15 is 0 Å². The third-order valence-electron chi connectivity index (χ3n) is 3.59. The van der Waals surface area contributed by atoms with Crippen LogP contribution in [-0.4, -0.2) is 31.5 Å². The van der Waals surface area contributed by atoms with E-state index < -0.39 is 21.4 Å². The van der Waals surface area contributed by atoms with E-state index in [1.54, 1.807) is 19.1 Å². The molecule has 1 aromatic rings. The van der Waals surface area contributed by atoms with Gasteiger partial charge in [0, 0.05) is 11.7 Å². The number of carbonyl (C=O) groups excluding carboxylic acids is 1. The predicted molar refractivity (Wildman–Crippen MR) is 82.9 cm³/mol. The Balaban J connectivity index is 2.01. The maximum absolute atomic E-state index is 12.0. The average molecular weight is 311 g/mol. The first kappa shape index (κ1) is 15.8. The maximum Gasteiger partial charge on any atom is 0.319 e. The van der Waals surface area contributed by atoms with Crippen molar-refractivity contribution in [3.63, 3.8) is 0 Å². The largest absolute Gasteiger partial charge is 0.332 e. The van der Waals surface area contributed by atoms with Crippen molar-refractivity contribution in [2.75, 3.05) is 16.8 Å². The lowest BCUT2D eigenvalue weighted by Gasteiger charge is -2.24. The standard InChI is InChI=1S/C14H21N3O3S/c1-10(15)11-4-3-5-12(8-11)16-13(18)17-14(2)6-7-21(19,20)9-14/h3-5,8,10H,6-7,9,15H2,1-2H3,(H2,16,17,18). The molecule has 7 heteroatoms. The normalized spacial score (nSPS) is 25.3. The van der Waals surface area contributed by atoms with E-state index in [2.05, 4.69) is 10.6 Å². The highest BCUT2D eigenvalue weighted by atomic mass is 32.2. The summed E-state index contributed by atoms with van der Waals surface area (Å²) in [4.78, 5) is 12.0. The molecule has 2 atom stereocenters. The third-order valence-corrected chi connectivity index (χ3v) is 5.49. The minimum Gasteiger partial charge on any atom is -0.332 e. The average Bonchev–Trinajstić information content (AvgIpc) is 2.63. The van der Waals surface area contributed by atoms with Gasteiger partial charge in [-0.2, -0.15) is 0 Å². The number of nitrogens with one attached hydrogen (secondary N) is 2. The number of amides is 2. The Labute approximate surface area is 125 Å². The van der Waals surface area contributed by atoms with Crippen molar-refractivity contribution in [1.82, 2.24) is 5.32 Å². The molecule has 1 fully saturated rings. The van der Waals surface area contributed by atoms with E-state index in [9.17, 15) is 13.2 Å². The maximum atomic E-state index is 12.0. The lowest BCUT2D eigenvalue weighted by Crippen LogP contribution is -2.48. The predicted octanol–water partition coefficient (Wildman–Crippen LogP) is 1.41. The molecular formula is C14H21N3O3S. The fourth-order valence-corrected chi connectivity index (χ4v) is 4.54. The minimum atomic E-state index is -3.05. The topological polar surface area (TPSA) is 101 Å². The molecule has 2 unspecified atom stereocenters. The number of carbonyl (C=O) groups is 1. The molecule has 1 aromatic carbocycles. The Bertz CT molecular complexity index is 643. The fraction of sp³-hybridized carbons (Fsp3) is 0.500. The highest BCUT2D eigenvalue weighted by Gasteiger charge is 2.39. The first-order valence-electron chi connectivity index (χ1n) is 6.84. The van der Waals surface area contributed by atoms with Crippen molar-refractivity contribution in [1.29, 1.82) is 0 Å². The van der Waals surface area contributed by atoms with E-state index in [4.69, 9.17) is 5.73 Å². The summed E-state index contributed by atoms with van der Waals surface area (Å²) in [6, 6.07) is 6.75. The van der Waals surface area contributed by atoms with Gasteiger partial charge in [-0.15, -0.1) is 0 Å². The van der Waals surface area contributed by atoms with Crippen molar-refractivity contribution in [3.8, 4) is 0 Å². The van der Waals surface area contributed by atoms with Crippen molar-refractivity contribution in [2.24, 2.45) is 5.73 Å². The molecule has 1 heterocycles. The summed E-state index contributed by atoms with van der Waals surface area (Å²) in [7, 11) is -3.05. The molecule has 1 saturated heterocycles. The van der Waals surface area contributed by atoms with Crippen LogP contribution in [0.15, 0.2) is 24.3 Å². The summed E-state index contributed by atoms with van der Waals surface area (Å²) < 4.78 is 23.0. The smallest absolute Gasteiger partial charge is 0.319 e. The van der Waals surface area contributed by atoms with Crippen LogP contribution in [0.2, 0.25) is 0 Å². The van der Waals surface area contributed by atoms with Crippen LogP contribution in [0.4, 0.5) is 10.5 Å². The van der Waals surface area contributed by atoms with E-state index in [0.717, 1.165) is 5.56 Å². The number of rotatable bonds is 3. The zero-order valence-electron chi connectivity index (χ0n) is 12.2. The van der Waals surface area contributed by atoms with Crippen LogP contribution in [0.25, 0.3) is 0 Å². The Morgan fingerprint density at radius 3 is 2.71 bits per heavy atom. The van der Waals surface area contributed by atoms with Crippen LogP contribution in [0, 0.1) is 0 Å². The van der Waals surface area contributed by atoms with Crippen LogP contribution in [-0.2, 0) is 9.84 Å². The molecule has 21 heavy (non-hydrogen) atoms. The van der Waals surface area contributed by atoms with Gasteiger partial charge >= 0.3 is 6.03 Å². The molecule has 0 radical (unpaired) electrons. The van der Waals surface area contributed by atoms with Gasteiger partial charge in [-0.3, -0.25) is 0 Å². The molecule has 2 rings (SSSR count). The lowest BCUT2D eigenvalue weighted by molar-refractivity contribution is 0.242. The second kappa shape index (κ2) is 5.65. The molecule has 0 aliphatic carbocycles. The molecule has 1 aliphatic heterocycles. The quantitative estimate of drug-likeness (QED) is 0.785. The first-order valence-corrected chi connectivity index (χ1v) is 8.66. The van der Waals surface area contributed by atoms with Crippen molar-refractivity contribution >= 4 is 21.6 Å². The Kier molecular flexibility index (Phi) is 4.25. The van der Waals surface area contributed by atoms with Crippen LogP contribution >= 0.6 is 0 Å². The van der Waals surface area contributed by atoms with Crippen LogP contribution in [0.5, 0.6) is 0 Å². The molecule has 0 aromatic heterocycles. The van der Waals surface area contributed by atoms with Crippen molar-refractivity contribution in [2.45, 2.75) is 31.8 Å². The van der Waals surface area contributed by atoms with Gasteiger partial charge in [-0.1, -0.05) is 12.1 Å². The van der Waals surface area contributed by atoms with E-state index in [-0.39, 0.29) is 17.5 Å². The molecule has 1 aliphatic rings. The van der Waals surface area contributed by atoms with Crippen LogP contribution < -0.4 is 16.4 Å². The SMILES string of the molecule is CC(N)c1cccc(NC(=O)NC2(C)CCS(=O)(=O)C2)c1. The van der Waals surface area contributed by atoms with Crippen molar-refractivity contribution < 1.29 is 13.2 Å². The van der Waals surface area contributed by atoms with E-state index in [1.165, 1.54) is 0 Å². The monoisotopic (exact) mass is 311 g/mol. The molecule has 0 saturated carbocycles. The lowest BCUT2D eigenvalue weighted by atomic mass is 10.0. The van der Waals surface area contributed by atoms with Gasteiger partial charge in [0.05, 0.1) is 17.0 Å². The Morgan fingerprint density at radius 1 is 1.43 bits per heavy atom. The molecule has 6 nitrogen and oxygen atoms in total. The van der Waals surface area contributed by atoms with Gasteiger partial charge in [0.2, 0.25) is 0 Å². The van der Waals surface area contributed by atoms with Gasteiger partial charge in [0.1, 0.15) is 0 Å². The Morgan fingerprint density at radius 2 is 2.14 bits per heavy atom. The van der Waals surface area contributed by atoms with E-state index in [1.807, 2.05) is 19.1 Å². The minimum absolute atomic E-state index is 0.0205. The molecular weight excluding hydrogens is 290 g/mol. The van der Waals surface area contributed by atoms with Gasteiger partial charge in [0.15, 0.2) is 9.84 Å². The highest BCUT2D eigenvalue weighted by molar-refractivity contribution is 7.91. The van der Waals surface area contributed by atoms with Crippen LogP contribution in [0.1, 0.15) is 31.9 Å². The van der Waals surface area contributed by atoms with Gasteiger partial charge in [0.25, 0.3) is 0 Å². The number of hydrogen-bond acceptors (Lipinski definition) is 4. The Hall–Kier alpha value is -1.60. The number of nitrogens with two attached hydrogens (primary N) is 1. The molecule has 2 amide bonds. The summed E-state index contributed by atoms with van der Waals surface area (Å²) in [5.74, 6) is 0.0945. The first-order chi connectivity index (χ1) is 9.69. The van der Waals surface area contributed by atoms with Crippen LogP contribution in [0.3, 0.4) is 0 Å². The zero-order valence-corrected chi connectivity index (χ0v) is 13.0. The summed E-state index contributed by atoms with van der Waals surface area (Å²) in [5.41, 5.74) is 6.64. The second-order valence-electron chi connectivity index (χ2n) is 5.90. The summed E-state index contributed by atoms with van der Waals surface area (Å²) >= 11 is 0. The summed E-state index contributed by atoms with van der Waals surface area (Å²) in [6.07, 6.45) is 0.433. The summed E-state index contributed by atoms with van der Waals surface area (Å²) in [5, 5.41) is 5.46. The number of urea groups is 1. The highest BCUT2D eigenvalue weighted by Crippen LogP contribution is 2.23. The molecule has 116 valence electrons. The third kappa shape index (κ3) is 4.18. The van der Waals surface area contributed by atoms with Gasteiger partial charge in [-0.05, 0) is 38.0 Å². The van der Waals surface area contributed by atoms with Gasteiger partial charge < -0.3 is 16.4 Å². The number of sulfone groups is 1. The van der Waals surface area contributed by atoms with E-state index in [0.29, 0.717) is 12.1 Å². The fourth-order valence-electron chi connectivity index (χ4n) is 2.45. The zero-order chi connectivity index (χ0) is 15.7. The number of hydrogen-bond donors (Lipinski definition) is 3. The number of anilines is 1. The molecule has 0 bridgehead atoms. The van der Waals surface area contributed by atoms with Crippen molar-refractivity contribution in [3.05, 3.63) is 29.8 Å². The van der Waals surface area contributed by atoms with Gasteiger partial charge in [-0.25, -0.2) is 13.2 Å². The molecule has 0 spiro atoms. The molecule has 4 N–H and O–H groups in total. The summed E-state index contributed by atoms with van der Waals surface area (Å²) in [6.45, 7) is 3.61.